The highest BCUT2D eigenvalue weighted by atomic mass is 35.5. The third kappa shape index (κ3) is 3.18. The Kier molecular flexibility index (Phi) is 4.21. The molecule has 0 radical (unpaired) electrons. The molecule has 0 aliphatic rings. The second kappa shape index (κ2) is 5.20. The van der Waals surface area contributed by atoms with Crippen LogP contribution in [0.1, 0.15) is 26.7 Å². The van der Waals surface area contributed by atoms with E-state index in [0.29, 0.717) is 6.04 Å². The number of nitrogens with one attached hydrogen (secondary N) is 1. The molecule has 0 saturated carbocycles. The van der Waals surface area contributed by atoms with Crippen LogP contribution >= 0.6 is 11.6 Å². The highest BCUT2D eigenvalue weighted by Crippen LogP contribution is 2.20. The van der Waals surface area contributed by atoms with E-state index in [9.17, 15) is 4.39 Å². The van der Waals surface area contributed by atoms with Gasteiger partial charge >= 0.3 is 0 Å². The SMILES string of the molecule is CCCC(C)Nc1ccc(F)c(Cl)c1. The molecule has 1 aromatic rings. The first-order valence-corrected chi connectivity index (χ1v) is 5.23. The van der Waals surface area contributed by atoms with Crippen LogP contribution in [-0.4, -0.2) is 6.04 Å². The van der Waals surface area contributed by atoms with Gasteiger partial charge in [0.25, 0.3) is 0 Å². The van der Waals surface area contributed by atoms with Crippen LogP contribution in [0, 0.1) is 5.82 Å². The van der Waals surface area contributed by atoms with Gasteiger partial charge in [-0.1, -0.05) is 24.9 Å². The lowest BCUT2D eigenvalue weighted by Gasteiger charge is -2.14. The normalized spacial score (nSPS) is 12.6. The molecule has 1 N–H and O–H groups in total. The minimum absolute atomic E-state index is 0.165. The van der Waals surface area contributed by atoms with Crippen molar-refractivity contribution in [3.63, 3.8) is 0 Å². The summed E-state index contributed by atoms with van der Waals surface area (Å²) in [6.07, 6.45) is 2.22. The summed E-state index contributed by atoms with van der Waals surface area (Å²) in [6.45, 7) is 4.23. The molecule has 0 heterocycles. The molecule has 1 aromatic carbocycles. The standard InChI is InChI=1S/C11H15ClFN/c1-3-4-8(2)14-9-5-6-11(13)10(12)7-9/h5-8,14H,3-4H2,1-2H3. The highest BCUT2D eigenvalue weighted by molar-refractivity contribution is 6.31. The predicted molar refractivity (Wildman–Crippen MR) is 59.4 cm³/mol. The summed E-state index contributed by atoms with van der Waals surface area (Å²) in [5.74, 6) is -0.375. The van der Waals surface area contributed by atoms with E-state index in [2.05, 4.69) is 19.2 Å². The third-order valence-electron chi connectivity index (χ3n) is 2.05. The van der Waals surface area contributed by atoms with Gasteiger partial charge in [0.2, 0.25) is 0 Å². The van der Waals surface area contributed by atoms with E-state index in [1.54, 1.807) is 12.1 Å². The van der Waals surface area contributed by atoms with Crippen LogP contribution in [0.5, 0.6) is 0 Å². The van der Waals surface area contributed by atoms with E-state index in [1.165, 1.54) is 6.07 Å². The molecule has 0 saturated heterocycles. The molecule has 1 nitrogen and oxygen atoms in total. The summed E-state index contributed by atoms with van der Waals surface area (Å²) in [6, 6.07) is 5.08. The second-order valence-electron chi connectivity index (χ2n) is 3.46. The van der Waals surface area contributed by atoms with Gasteiger partial charge in [-0.3, -0.25) is 0 Å². The molecule has 0 aromatic heterocycles. The maximum atomic E-state index is 12.8. The van der Waals surface area contributed by atoms with Gasteiger partial charge < -0.3 is 5.32 Å². The van der Waals surface area contributed by atoms with Crippen molar-refractivity contribution in [2.75, 3.05) is 5.32 Å². The number of anilines is 1. The minimum atomic E-state index is -0.375. The van der Waals surface area contributed by atoms with Crippen LogP contribution in [0.15, 0.2) is 18.2 Å². The van der Waals surface area contributed by atoms with Crippen molar-refractivity contribution in [1.29, 1.82) is 0 Å². The summed E-state index contributed by atoms with van der Waals surface area (Å²) in [7, 11) is 0. The lowest BCUT2D eigenvalue weighted by atomic mass is 10.2. The molecule has 0 aliphatic carbocycles. The Morgan fingerprint density at radius 2 is 2.21 bits per heavy atom. The van der Waals surface area contributed by atoms with E-state index < -0.39 is 0 Å². The average molecular weight is 216 g/mol. The molecular weight excluding hydrogens is 201 g/mol. The summed E-state index contributed by atoms with van der Waals surface area (Å²) in [5.41, 5.74) is 0.873. The number of rotatable bonds is 4. The van der Waals surface area contributed by atoms with Crippen LogP contribution in [0.4, 0.5) is 10.1 Å². The van der Waals surface area contributed by atoms with Gasteiger partial charge in [0.1, 0.15) is 5.82 Å². The number of hydrogen-bond acceptors (Lipinski definition) is 1. The Morgan fingerprint density at radius 3 is 2.79 bits per heavy atom. The van der Waals surface area contributed by atoms with Crippen molar-refractivity contribution < 1.29 is 4.39 Å². The fourth-order valence-electron chi connectivity index (χ4n) is 1.38. The molecular formula is C11H15ClFN. The zero-order chi connectivity index (χ0) is 10.6. The van der Waals surface area contributed by atoms with E-state index in [1.807, 2.05) is 0 Å². The largest absolute Gasteiger partial charge is 0.383 e. The maximum Gasteiger partial charge on any atom is 0.141 e. The van der Waals surface area contributed by atoms with Crippen LogP contribution in [0.3, 0.4) is 0 Å². The maximum absolute atomic E-state index is 12.8. The fraction of sp³-hybridized carbons (Fsp3) is 0.455. The van der Waals surface area contributed by atoms with Gasteiger partial charge in [0, 0.05) is 11.7 Å². The summed E-state index contributed by atoms with van der Waals surface area (Å²) >= 11 is 5.66. The van der Waals surface area contributed by atoms with Gasteiger partial charge in [-0.15, -0.1) is 0 Å². The Hall–Kier alpha value is -0.760. The third-order valence-corrected chi connectivity index (χ3v) is 2.34. The van der Waals surface area contributed by atoms with E-state index >= 15 is 0 Å². The molecule has 1 rings (SSSR count). The van der Waals surface area contributed by atoms with E-state index in [4.69, 9.17) is 11.6 Å². The van der Waals surface area contributed by atoms with E-state index in [-0.39, 0.29) is 10.8 Å². The van der Waals surface area contributed by atoms with E-state index in [0.717, 1.165) is 18.5 Å². The molecule has 78 valence electrons. The Labute approximate surface area is 89.3 Å². The van der Waals surface area contributed by atoms with Crippen LogP contribution in [0.2, 0.25) is 5.02 Å². The first kappa shape index (κ1) is 11.3. The number of hydrogen-bond donors (Lipinski definition) is 1. The van der Waals surface area contributed by atoms with Crippen molar-refractivity contribution in [3.05, 3.63) is 29.0 Å². The zero-order valence-corrected chi connectivity index (χ0v) is 9.24. The van der Waals surface area contributed by atoms with Gasteiger partial charge in [0.05, 0.1) is 5.02 Å². The van der Waals surface area contributed by atoms with Crippen molar-refractivity contribution in [3.8, 4) is 0 Å². The molecule has 14 heavy (non-hydrogen) atoms. The first-order valence-electron chi connectivity index (χ1n) is 4.85. The topological polar surface area (TPSA) is 12.0 Å². The number of benzene rings is 1. The summed E-state index contributed by atoms with van der Waals surface area (Å²) in [4.78, 5) is 0. The van der Waals surface area contributed by atoms with Gasteiger partial charge in [-0.2, -0.15) is 0 Å². The lowest BCUT2D eigenvalue weighted by molar-refractivity contribution is 0.628. The van der Waals surface area contributed by atoms with Crippen LogP contribution in [-0.2, 0) is 0 Å². The molecule has 0 fully saturated rings. The molecule has 3 heteroatoms. The molecule has 0 bridgehead atoms. The highest BCUT2D eigenvalue weighted by Gasteiger charge is 2.03. The Balaban J connectivity index is 2.63. The lowest BCUT2D eigenvalue weighted by Crippen LogP contribution is -2.14. The van der Waals surface area contributed by atoms with Crippen molar-refractivity contribution in [2.45, 2.75) is 32.7 Å². The second-order valence-corrected chi connectivity index (χ2v) is 3.87. The average Bonchev–Trinajstić information content (AvgIpc) is 2.12. The summed E-state index contributed by atoms with van der Waals surface area (Å²) < 4.78 is 12.8. The molecule has 0 aliphatic heterocycles. The van der Waals surface area contributed by atoms with Gasteiger partial charge in [-0.05, 0) is 31.5 Å². The Bertz CT molecular complexity index is 301. The van der Waals surface area contributed by atoms with Crippen molar-refractivity contribution in [1.82, 2.24) is 0 Å². The number of halogens is 2. The van der Waals surface area contributed by atoms with Crippen molar-refractivity contribution in [2.24, 2.45) is 0 Å². The van der Waals surface area contributed by atoms with Crippen LogP contribution < -0.4 is 5.32 Å². The fourth-order valence-corrected chi connectivity index (χ4v) is 1.56. The quantitative estimate of drug-likeness (QED) is 0.798. The monoisotopic (exact) mass is 215 g/mol. The minimum Gasteiger partial charge on any atom is -0.383 e. The zero-order valence-electron chi connectivity index (χ0n) is 8.48. The molecule has 0 spiro atoms. The molecule has 1 unspecified atom stereocenters. The Morgan fingerprint density at radius 1 is 1.50 bits per heavy atom. The molecule has 0 amide bonds. The van der Waals surface area contributed by atoms with Crippen molar-refractivity contribution >= 4 is 17.3 Å². The first-order chi connectivity index (χ1) is 6.63. The smallest absolute Gasteiger partial charge is 0.141 e. The van der Waals surface area contributed by atoms with Gasteiger partial charge in [0.15, 0.2) is 0 Å². The molecule has 1 atom stereocenters. The summed E-state index contributed by atoms with van der Waals surface area (Å²) in [5, 5.41) is 3.43. The predicted octanol–water partition coefficient (Wildman–Crippen LogP) is 4.08. The van der Waals surface area contributed by atoms with Gasteiger partial charge in [-0.25, -0.2) is 4.39 Å². The van der Waals surface area contributed by atoms with Crippen LogP contribution in [0.25, 0.3) is 0 Å².